The van der Waals surface area contributed by atoms with Crippen molar-refractivity contribution in [2.24, 2.45) is 5.92 Å². The van der Waals surface area contributed by atoms with E-state index in [0.717, 1.165) is 30.5 Å². The van der Waals surface area contributed by atoms with E-state index in [1.54, 1.807) is 13.2 Å². The Morgan fingerprint density at radius 1 is 1.41 bits per heavy atom. The van der Waals surface area contributed by atoms with Crippen molar-refractivity contribution < 1.29 is 14.6 Å². The summed E-state index contributed by atoms with van der Waals surface area (Å²) in [7, 11) is 1.60. The molecule has 4 nitrogen and oxygen atoms in total. The molecule has 120 valence electrons. The first-order valence-electron chi connectivity index (χ1n) is 8.11. The maximum atomic E-state index is 12.3. The summed E-state index contributed by atoms with van der Waals surface area (Å²) < 4.78 is 5.54. The normalized spacial score (nSPS) is 31.7. The predicted molar refractivity (Wildman–Crippen MR) is 85.5 cm³/mol. The molecule has 2 N–H and O–H groups in total. The molecule has 1 heterocycles. The number of aryl methyl sites for hydroxylation is 1. The first-order chi connectivity index (χ1) is 10.5. The van der Waals surface area contributed by atoms with Crippen molar-refractivity contribution in [1.29, 1.82) is 0 Å². The number of phenolic OH excluding ortho intramolecular Hbond substituents is 1. The maximum Gasteiger partial charge on any atom is 0.164 e. The number of ether oxygens (including phenoxy) is 1. The second-order valence-corrected chi connectivity index (χ2v) is 6.82. The first kappa shape index (κ1) is 15.3. The molecular weight excluding hydrogens is 278 g/mol. The molecule has 3 unspecified atom stereocenters. The molecule has 1 aliphatic carbocycles. The number of piperidine rings is 1. The van der Waals surface area contributed by atoms with Crippen molar-refractivity contribution in [3.63, 3.8) is 0 Å². The Kier molecular flexibility index (Phi) is 3.89. The van der Waals surface area contributed by atoms with Gasteiger partial charge >= 0.3 is 0 Å². The van der Waals surface area contributed by atoms with Crippen LogP contribution in [0.1, 0.15) is 43.7 Å². The molecule has 1 aliphatic heterocycles. The van der Waals surface area contributed by atoms with Gasteiger partial charge in [0.15, 0.2) is 11.5 Å². The first-order valence-corrected chi connectivity index (χ1v) is 8.11. The zero-order chi connectivity index (χ0) is 15.9. The highest BCUT2D eigenvalue weighted by Crippen LogP contribution is 2.53. The van der Waals surface area contributed by atoms with E-state index >= 15 is 0 Å². The fraction of sp³-hybridized carbons (Fsp3) is 0.611. The van der Waals surface area contributed by atoms with Crippen LogP contribution >= 0.6 is 0 Å². The molecule has 0 spiro atoms. The number of rotatable bonds is 2. The smallest absolute Gasteiger partial charge is 0.164 e. The van der Waals surface area contributed by atoms with Crippen LogP contribution in [0.2, 0.25) is 0 Å². The van der Waals surface area contributed by atoms with Gasteiger partial charge < -0.3 is 15.2 Å². The zero-order valence-corrected chi connectivity index (χ0v) is 13.6. The van der Waals surface area contributed by atoms with Gasteiger partial charge in [0.05, 0.1) is 7.11 Å². The standard InChI is InChI=1S/C18H25NO3/c1-11-4-7-15(21)17(22-3)16(11)18-8-9-19-12(2)14(18)6-5-13(20)10-18/h4,7,12,14,19,21H,5-6,8-10H2,1-3H3. The minimum absolute atomic E-state index is 0.167. The number of Topliss-reactive ketones (excluding diaryl/α,β-unsaturated/α-hetero) is 1. The Bertz CT molecular complexity index is 598. The van der Waals surface area contributed by atoms with Gasteiger partial charge in [-0.3, -0.25) is 4.79 Å². The summed E-state index contributed by atoms with van der Waals surface area (Å²) >= 11 is 0. The monoisotopic (exact) mass is 303 g/mol. The lowest BCUT2D eigenvalue weighted by atomic mass is 9.56. The molecule has 2 fully saturated rings. The average molecular weight is 303 g/mol. The Labute approximate surface area is 131 Å². The third-order valence-corrected chi connectivity index (χ3v) is 5.64. The van der Waals surface area contributed by atoms with Crippen molar-refractivity contribution in [3.05, 3.63) is 23.3 Å². The molecule has 0 radical (unpaired) electrons. The molecule has 1 aromatic rings. The summed E-state index contributed by atoms with van der Waals surface area (Å²) in [6, 6.07) is 3.98. The fourth-order valence-corrected chi connectivity index (χ4v) is 4.73. The summed E-state index contributed by atoms with van der Waals surface area (Å²) in [6.07, 6.45) is 3.04. The van der Waals surface area contributed by atoms with Crippen molar-refractivity contribution in [2.45, 2.75) is 51.0 Å². The van der Waals surface area contributed by atoms with Gasteiger partial charge in [0.1, 0.15) is 5.78 Å². The quantitative estimate of drug-likeness (QED) is 0.882. The number of carbonyl (C=O) groups excluding carboxylic acids is 1. The van der Waals surface area contributed by atoms with E-state index in [0.29, 0.717) is 36.3 Å². The van der Waals surface area contributed by atoms with Crippen molar-refractivity contribution >= 4 is 5.78 Å². The van der Waals surface area contributed by atoms with E-state index in [-0.39, 0.29) is 11.2 Å². The molecule has 1 saturated carbocycles. The summed E-state index contributed by atoms with van der Waals surface area (Å²) in [4.78, 5) is 12.3. The number of methoxy groups -OCH3 is 1. The summed E-state index contributed by atoms with van der Waals surface area (Å²) in [5.41, 5.74) is 1.93. The molecule has 0 aromatic heterocycles. The van der Waals surface area contributed by atoms with Crippen LogP contribution in [-0.4, -0.2) is 30.6 Å². The highest BCUT2D eigenvalue weighted by molar-refractivity contribution is 5.82. The highest BCUT2D eigenvalue weighted by Gasteiger charge is 2.51. The molecule has 0 bridgehead atoms. The van der Waals surface area contributed by atoms with Gasteiger partial charge in [-0.15, -0.1) is 0 Å². The summed E-state index contributed by atoms with van der Waals surface area (Å²) in [6.45, 7) is 5.15. The lowest BCUT2D eigenvalue weighted by Crippen LogP contribution is -2.56. The number of phenols is 1. The number of benzene rings is 1. The van der Waals surface area contributed by atoms with Gasteiger partial charge in [-0.2, -0.15) is 0 Å². The zero-order valence-electron chi connectivity index (χ0n) is 13.6. The minimum atomic E-state index is -0.214. The predicted octanol–water partition coefficient (Wildman–Crippen LogP) is 2.70. The Hall–Kier alpha value is -1.55. The molecule has 4 heteroatoms. The highest BCUT2D eigenvalue weighted by atomic mass is 16.5. The van der Waals surface area contributed by atoms with Crippen LogP contribution < -0.4 is 10.1 Å². The number of fused-ring (bicyclic) bond motifs is 1. The topological polar surface area (TPSA) is 58.6 Å². The molecule has 1 aromatic carbocycles. The van der Waals surface area contributed by atoms with Gasteiger partial charge in [-0.05, 0) is 50.8 Å². The van der Waals surface area contributed by atoms with Gasteiger partial charge in [-0.25, -0.2) is 0 Å². The van der Waals surface area contributed by atoms with E-state index < -0.39 is 0 Å². The van der Waals surface area contributed by atoms with Crippen molar-refractivity contribution in [3.8, 4) is 11.5 Å². The molecule has 0 amide bonds. The van der Waals surface area contributed by atoms with Gasteiger partial charge in [0, 0.05) is 29.9 Å². The molecule has 1 saturated heterocycles. The van der Waals surface area contributed by atoms with Crippen molar-refractivity contribution in [1.82, 2.24) is 5.32 Å². The molecular formula is C18H25NO3. The van der Waals surface area contributed by atoms with E-state index in [2.05, 4.69) is 19.2 Å². The van der Waals surface area contributed by atoms with E-state index in [1.165, 1.54) is 0 Å². The van der Waals surface area contributed by atoms with Crippen molar-refractivity contribution in [2.75, 3.05) is 13.7 Å². The van der Waals surface area contributed by atoms with Gasteiger partial charge in [0.2, 0.25) is 0 Å². The Morgan fingerprint density at radius 3 is 2.91 bits per heavy atom. The van der Waals surface area contributed by atoms with Crippen LogP contribution in [0, 0.1) is 12.8 Å². The SMILES string of the molecule is COc1c(O)ccc(C)c1C12CCNC(C)C1CCC(=O)C2. The lowest BCUT2D eigenvalue weighted by molar-refractivity contribution is -0.124. The average Bonchev–Trinajstić information content (AvgIpc) is 2.49. The van der Waals surface area contributed by atoms with Crippen LogP contribution in [-0.2, 0) is 10.2 Å². The molecule has 2 aliphatic rings. The van der Waals surface area contributed by atoms with E-state index in [9.17, 15) is 9.90 Å². The fourth-order valence-electron chi connectivity index (χ4n) is 4.73. The van der Waals surface area contributed by atoms with Crippen LogP contribution in [0.5, 0.6) is 11.5 Å². The number of aromatic hydroxyl groups is 1. The molecule has 22 heavy (non-hydrogen) atoms. The summed E-state index contributed by atoms with van der Waals surface area (Å²) in [5, 5.41) is 13.8. The maximum absolute atomic E-state index is 12.3. The number of nitrogens with one attached hydrogen (secondary N) is 1. The van der Waals surface area contributed by atoms with Crippen LogP contribution in [0.25, 0.3) is 0 Å². The summed E-state index contributed by atoms with van der Waals surface area (Å²) in [5.74, 6) is 1.44. The lowest BCUT2D eigenvalue weighted by Gasteiger charge is -2.51. The Morgan fingerprint density at radius 2 is 2.18 bits per heavy atom. The largest absolute Gasteiger partial charge is 0.504 e. The number of ketones is 1. The second-order valence-electron chi connectivity index (χ2n) is 6.82. The number of hydrogen-bond acceptors (Lipinski definition) is 4. The second kappa shape index (κ2) is 5.58. The van der Waals surface area contributed by atoms with Crippen LogP contribution in [0.3, 0.4) is 0 Å². The molecule has 3 atom stereocenters. The number of hydrogen-bond donors (Lipinski definition) is 2. The minimum Gasteiger partial charge on any atom is -0.504 e. The van der Waals surface area contributed by atoms with Crippen LogP contribution in [0.15, 0.2) is 12.1 Å². The number of carbonyl (C=O) groups is 1. The van der Waals surface area contributed by atoms with E-state index in [1.807, 2.05) is 6.07 Å². The third kappa shape index (κ3) is 2.21. The van der Waals surface area contributed by atoms with Gasteiger partial charge in [0.25, 0.3) is 0 Å². The third-order valence-electron chi connectivity index (χ3n) is 5.64. The Balaban J connectivity index is 2.21. The van der Waals surface area contributed by atoms with Gasteiger partial charge in [-0.1, -0.05) is 6.07 Å². The molecule has 3 rings (SSSR count). The van der Waals surface area contributed by atoms with Crippen LogP contribution in [0.4, 0.5) is 0 Å². The van der Waals surface area contributed by atoms with E-state index in [4.69, 9.17) is 4.74 Å².